The van der Waals surface area contributed by atoms with Crippen molar-refractivity contribution < 1.29 is 0 Å². The van der Waals surface area contributed by atoms with E-state index in [9.17, 15) is 0 Å². The first-order chi connectivity index (χ1) is 6.75. The minimum atomic E-state index is 0.673. The molecule has 1 rings (SSSR count). The number of allylic oxidation sites excluding steroid dienone is 1. The van der Waals surface area contributed by atoms with Crippen LogP contribution in [-0.2, 0) is 6.42 Å². The van der Waals surface area contributed by atoms with Gasteiger partial charge in [0.1, 0.15) is 0 Å². The normalized spacial score (nSPS) is 11.1. The van der Waals surface area contributed by atoms with E-state index >= 15 is 0 Å². The molecule has 1 aromatic carbocycles. The molecular formula is C11H13Cl2N. The van der Waals surface area contributed by atoms with Gasteiger partial charge < -0.3 is 5.73 Å². The van der Waals surface area contributed by atoms with Gasteiger partial charge in [-0.15, -0.1) is 0 Å². The smallest absolute Gasteiger partial charge is 0.0456 e. The largest absolute Gasteiger partial charge is 0.330 e. The van der Waals surface area contributed by atoms with Crippen molar-refractivity contribution in [3.05, 3.63) is 46.0 Å². The van der Waals surface area contributed by atoms with Gasteiger partial charge in [0.15, 0.2) is 0 Å². The number of rotatable bonds is 4. The monoisotopic (exact) mass is 229 g/mol. The topological polar surface area (TPSA) is 26.0 Å². The van der Waals surface area contributed by atoms with E-state index in [2.05, 4.69) is 0 Å². The second kappa shape index (κ2) is 6.07. The van der Waals surface area contributed by atoms with E-state index in [1.165, 1.54) is 0 Å². The highest BCUT2D eigenvalue weighted by atomic mass is 35.5. The molecule has 0 saturated heterocycles. The zero-order valence-corrected chi connectivity index (χ0v) is 9.35. The first-order valence-corrected chi connectivity index (χ1v) is 5.29. The fourth-order valence-electron chi connectivity index (χ4n) is 1.14. The molecule has 0 heterocycles. The fraction of sp³-hybridized carbons (Fsp3) is 0.273. The van der Waals surface area contributed by atoms with E-state index in [-0.39, 0.29) is 0 Å². The summed E-state index contributed by atoms with van der Waals surface area (Å²) in [6.07, 6.45) is 5.74. The summed E-state index contributed by atoms with van der Waals surface area (Å²) in [4.78, 5) is 0. The second-order valence-corrected chi connectivity index (χ2v) is 3.77. The van der Waals surface area contributed by atoms with Crippen molar-refractivity contribution in [2.75, 3.05) is 6.54 Å². The molecule has 0 unspecified atom stereocenters. The molecule has 0 aliphatic carbocycles. The van der Waals surface area contributed by atoms with Crippen LogP contribution < -0.4 is 5.73 Å². The maximum absolute atomic E-state index is 6.00. The zero-order valence-electron chi connectivity index (χ0n) is 7.84. The zero-order chi connectivity index (χ0) is 10.4. The van der Waals surface area contributed by atoms with E-state index in [4.69, 9.17) is 28.9 Å². The van der Waals surface area contributed by atoms with Gasteiger partial charge >= 0.3 is 0 Å². The maximum atomic E-state index is 6.00. The van der Waals surface area contributed by atoms with E-state index in [1.807, 2.05) is 30.4 Å². The van der Waals surface area contributed by atoms with Crippen LogP contribution in [0.2, 0.25) is 10.0 Å². The van der Waals surface area contributed by atoms with Crippen LogP contribution in [0.3, 0.4) is 0 Å². The number of hydrogen-bond donors (Lipinski definition) is 1. The van der Waals surface area contributed by atoms with Gasteiger partial charge in [-0.1, -0.05) is 41.4 Å². The van der Waals surface area contributed by atoms with Crippen LogP contribution in [0.1, 0.15) is 12.0 Å². The van der Waals surface area contributed by atoms with Crippen LogP contribution in [0.15, 0.2) is 30.4 Å². The van der Waals surface area contributed by atoms with Gasteiger partial charge in [0.25, 0.3) is 0 Å². The third kappa shape index (κ3) is 3.33. The number of benzene rings is 1. The van der Waals surface area contributed by atoms with E-state index in [0.29, 0.717) is 6.54 Å². The first-order valence-electron chi connectivity index (χ1n) is 4.53. The van der Waals surface area contributed by atoms with Gasteiger partial charge in [0.05, 0.1) is 0 Å². The summed E-state index contributed by atoms with van der Waals surface area (Å²) in [6, 6.07) is 5.54. The standard InChI is InChI=1S/C11H13Cl2N/c12-10-6-4-7-11(13)9(10)5-2-1-3-8-14/h1-2,4,6-7H,3,5,8,14H2. The van der Waals surface area contributed by atoms with Gasteiger partial charge in [-0.3, -0.25) is 0 Å². The Labute approximate surface area is 94.5 Å². The summed E-state index contributed by atoms with van der Waals surface area (Å²) in [6.45, 7) is 0.673. The number of hydrogen-bond acceptors (Lipinski definition) is 1. The molecule has 2 N–H and O–H groups in total. The van der Waals surface area contributed by atoms with Crippen LogP contribution in [0.5, 0.6) is 0 Å². The van der Waals surface area contributed by atoms with Crippen LogP contribution >= 0.6 is 23.2 Å². The lowest BCUT2D eigenvalue weighted by atomic mass is 10.1. The predicted octanol–water partition coefficient (Wildman–Crippen LogP) is 3.44. The molecule has 0 bridgehead atoms. The van der Waals surface area contributed by atoms with Crippen molar-refractivity contribution in [3.63, 3.8) is 0 Å². The van der Waals surface area contributed by atoms with Gasteiger partial charge in [0, 0.05) is 10.0 Å². The Kier molecular flexibility index (Phi) is 5.02. The minimum Gasteiger partial charge on any atom is -0.330 e. The molecule has 0 radical (unpaired) electrons. The van der Waals surface area contributed by atoms with Crippen LogP contribution in [0, 0.1) is 0 Å². The Morgan fingerprint density at radius 3 is 2.36 bits per heavy atom. The van der Waals surface area contributed by atoms with E-state index in [0.717, 1.165) is 28.5 Å². The number of halogens is 2. The van der Waals surface area contributed by atoms with Gasteiger partial charge in [-0.25, -0.2) is 0 Å². The minimum absolute atomic E-state index is 0.673. The summed E-state index contributed by atoms with van der Waals surface area (Å²) < 4.78 is 0. The summed E-state index contributed by atoms with van der Waals surface area (Å²) >= 11 is 12.0. The molecule has 0 atom stereocenters. The van der Waals surface area contributed by atoms with Crippen molar-refractivity contribution in [2.45, 2.75) is 12.8 Å². The van der Waals surface area contributed by atoms with Gasteiger partial charge in [0.2, 0.25) is 0 Å². The summed E-state index contributed by atoms with van der Waals surface area (Å²) in [5.41, 5.74) is 6.34. The highest BCUT2D eigenvalue weighted by Crippen LogP contribution is 2.24. The van der Waals surface area contributed by atoms with Crippen molar-refractivity contribution in [1.29, 1.82) is 0 Å². The molecule has 3 heteroatoms. The van der Waals surface area contributed by atoms with Crippen LogP contribution in [-0.4, -0.2) is 6.54 Å². The van der Waals surface area contributed by atoms with Crippen LogP contribution in [0.25, 0.3) is 0 Å². The Balaban J connectivity index is 2.66. The lowest BCUT2D eigenvalue weighted by Gasteiger charge is -2.02. The summed E-state index contributed by atoms with van der Waals surface area (Å²) in [5.74, 6) is 0. The first kappa shape index (κ1) is 11.6. The Morgan fingerprint density at radius 2 is 1.79 bits per heavy atom. The van der Waals surface area contributed by atoms with Gasteiger partial charge in [-0.05, 0) is 37.1 Å². The third-order valence-electron chi connectivity index (χ3n) is 1.88. The quantitative estimate of drug-likeness (QED) is 0.787. The highest BCUT2D eigenvalue weighted by Gasteiger charge is 2.02. The Bertz CT molecular complexity index is 301. The molecule has 1 nitrogen and oxygen atoms in total. The average Bonchev–Trinajstić information content (AvgIpc) is 2.16. The number of nitrogens with two attached hydrogens (primary N) is 1. The van der Waals surface area contributed by atoms with Crippen molar-refractivity contribution in [2.24, 2.45) is 5.73 Å². The molecule has 0 amide bonds. The fourth-order valence-corrected chi connectivity index (χ4v) is 1.69. The van der Waals surface area contributed by atoms with Crippen LogP contribution in [0.4, 0.5) is 0 Å². The third-order valence-corrected chi connectivity index (χ3v) is 2.59. The maximum Gasteiger partial charge on any atom is 0.0456 e. The molecule has 0 aliphatic heterocycles. The summed E-state index contributed by atoms with van der Waals surface area (Å²) in [5, 5.41) is 1.43. The van der Waals surface area contributed by atoms with E-state index < -0.39 is 0 Å². The highest BCUT2D eigenvalue weighted by molar-refractivity contribution is 6.36. The molecule has 1 aromatic rings. The molecule has 0 aromatic heterocycles. The molecule has 0 saturated carbocycles. The molecule has 0 spiro atoms. The molecule has 0 fully saturated rings. The van der Waals surface area contributed by atoms with E-state index in [1.54, 1.807) is 0 Å². The SMILES string of the molecule is NCCC=CCc1c(Cl)cccc1Cl. The van der Waals surface area contributed by atoms with Crippen molar-refractivity contribution in [1.82, 2.24) is 0 Å². The van der Waals surface area contributed by atoms with Crippen molar-refractivity contribution in [3.8, 4) is 0 Å². The second-order valence-electron chi connectivity index (χ2n) is 2.95. The molecular weight excluding hydrogens is 217 g/mol. The molecule has 0 aliphatic rings. The summed E-state index contributed by atoms with van der Waals surface area (Å²) in [7, 11) is 0. The Morgan fingerprint density at radius 1 is 1.14 bits per heavy atom. The lowest BCUT2D eigenvalue weighted by molar-refractivity contribution is 1.00. The molecule has 14 heavy (non-hydrogen) atoms. The lowest BCUT2D eigenvalue weighted by Crippen LogP contribution is -1.95. The van der Waals surface area contributed by atoms with Crippen molar-refractivity contribution >= 4 is 23.2 Å². The average molecular weight is 230 g/mol. The predicted molar refractivity (Wildman–Crippen MR) is 63.0 cm³/mol. The Hall–Kier alpha value is -0.500. The molecule has 76 valence electrons. The van der Waals surface area contributed by atoms with Gasteiger partial charge in [-0.2, -0.15) is 0 Å².